The van der Waals surface area contributed by atoms with Gasteiger partial charge < -0.3 is 19.7 Å². The molecule has 1 unspecified atom stereocenters. The summed E-state index contributed by atoms with van der Waals surface area (Å²) >= 11 is 0. The first-order valence-corrected chi connectivity index (χ1v) is 8.03. The van der Waals surface area contributed by atoms with Crippen molar-refractivity contribution in [2.24, 2.45) is 0 Å². The van der Waals surface area contributed by atoms with Crippen LogP contribution in [0.1, 0.15) is 22.1 Å². The Bertz CT molecular complexity index is 866. The summed E-state index contributed by atoms with van der Waals surface area (Å²) in [6, 6.07) is 5.39. The van der Waals surface area contributed by atoms with Gasteiger partial charge in [0.05, 0.1) is 12.6 Å². The molecule has 0 radical (unpaired) electrons. The first-order valence-electron chi connectivity index (χ1n) is 8.03. The van der Waals surface area contributed by atoms with Crippen LogP contribution >= 0.6 is 0 Å². The lowest BCUT2D eigenvalue weighted by atomic mass is 10.1. The van der Waals surface area contributed by atoms with Crippen LogP contribution < -0.4 is 20.5 Å². The molecule has 2 N–H and O–H groups in total. The van der Waals surface area contributed by atoms with E-state index in [2.05, 4.69) is 20.0 Å². The Morgan fingerprint density at radius 1 is 1.29 bits per heavy atom. The largest absolute Gasteiger partial charge is 0.573 e. The van der Waals surface area contributed by atoms with Crippen LogP contribution in [0, 0.1) is 0 Å². The van der Waals surface area contributed by atoms with E-state index in [1.54, 1.807) is 14.1 Å². The number of hydrogen-bond acceptors (Lipinski definition) is 6. The summed E-state index contributed by atoms with van der Waals surface area (Å²) in [5, 5.41) is 2.65. The summed E-state index contributed by atoms with van der Waals surface area (Å²) in [5.74, 6) is -0.813. The molecule has 0 aliphatic rings. The molecule has 152 valence electrons. The molecule has 0 fully saturated rings. The minimum Gasteiger partial charge on any atom is -0.406 e. The zero-order chi connectivity index (χ0) is 20.9. The minimum atomic E-state index is -4.79. The molecule has 1 amide bonds. The normalized spacial score (nSPS) is 12.4. The molecule has 11 heteroatoms. The molecule has 1 aromatic heterocycles. The van der Waals surface area contributed by atoms with Crippen LogP contribution in [0.2, 0.25) is 0 Å². The van der Waals surface area contributed by atoms with Crippen molar-refractivity contribution in [3.63, 3.8) is 0 Å². The quantitative estimate of drug-likeness (QED) is 0.737. The fraction of sp³-hybridized carbons (Fsp3) is 0.353. The second-order valence-corrected chi connectivity index (χ2v) is 5.95. The van der Waals surface area contributed by atoms with E-state index in [0.29, 0.717) is 5.56 Å². The van der Waals surface area contributed by atoms with Gasteiger partial charge in [-0.05, 0) is 17.7 Å². The monoisotopic (exact) mass is 400 g/mol. The number of benzene rings is 1. The zero-order valence-electron chi connectivity index (χ0n) is 15.3. The van der Waals surface area contributed by atoms with Gasteiger partial charge in [0, 0.05) is 27.3 Å². The van der Waals surface area contributed by atoms with Gasteiger partial charge in [-0.2, -0.15) is 0 Å². The van der Waals surface area contributed by atoms with E-state index < -0.39 is 23.9 Å². The first kappa shape index (κ1) is 21.2. The maximum atomic E-state index is 12.5. The van der Waals surface area contributed by atoms with E-state index in [1.165, 1.54) is 24.1 Å². The molecule has 0 bridgehead atoms. The van der Waals surface area contributed by atoms with Gasteiger partial charge in [0.1, 0.15) is 11.4 Å². The maximum Gasteiger partial charge on any atom is 0.573 e. The number of carbonyl (C=O) groups excluding carboxylic acids is 1. The Hall–Kier alpha value is -3.08. The maximum absolute atomic E-state index is 12.5. The van der Waals surface area contributed by atoms with Gasteiger partial charge >= 0.3 is 6.36 Å². The average Bonchev–Trinajstić information content (AvgIpc) is 2.60. The van der Waals surface area contributed by atoms with E-state index in [-0.39, 0.29) is 24.0 Å². The SMILES string of the molecule is COCC(NC(=O)c1cc(=O)[nH]c(N(C)C)n1)c1ccc(OC(F)(F)F)cc1. The van der Waals surface area contributed by atoms with Crippen molar-refractivity contribution in [2.45, 2.75) is 12.4 Å². The second-order valence-electron chi connectivity index (χ2n) is 5.95. The van der Waals surface area contributed by atoms with Crippen molar-refractivity contribution < 1.29 is 27.4 Å². The number of rotatable bonds is 7. The van der Waals surface area contributed by atoms with Crippen molar-refractivity contribution in [1.29, 1.82) is 0 Å². The van der Waals surface area contributed by atoms with Crippen molar-refractivity contribution in [3.8, 4) is 5.75 Å². The molecule has 1 heterocycles. The highest BCUT2D eigenvalue weighted by atomic mass is 19.4. The predicted molar refractivity (Wildman–Crippen MR) is 94.4 cm³/mol. The van der Waals surface area contributed by atoms with Crippen LogP contribution in [0.25, 0.3) is 0 Å². The van der Waals surface area contributed by atoms with Gasteiger partial charge in [0.15, 0.2) is 0 Å². The molecule has 8 nitrogen and oxygen atoms in total. The number of carbonyl (C=O) groups is 1. The molecule has 2 rings (SSSR count). The van der Waals surface area contributed by atoms with Crippen molar-refractivity contribution in [2.75, 3.05) is 32.7 Å². The Morgan fingerprint density at radius 3 is 2.46 bits per heavy atom. The van der Waals surface area contributed by atoms with Crippen molar-refractivity contribution >= 4 is 11.9 Å². The Kier molecular flexibility index (Phi) is 6.62. The third-order valence-corrected chi connectivity index (χ3v) is 3.54. The molecule has 28 heavy (non-hydrogen) atoms. The van der Waals surface area contributed by atoms with Gasteiger partial charge in [0.25, 0.3) is 11.5 Å². The van der Waals surface area contributed by atoms with Crippen LogP contribution in [0.15, 0.2) is 35.1 Å². The van der Waals surface area contributed by atoms with Gasteiger partial charge in [0.2, 0.25) is 5.95 Å². The predicted octanol–water partition coefficient (Wildman–Crippen LogP) is 1.85. The van der Waals surface area contributed by atoms with Gasteiger partial charge in [-0.25, -0.2) is 4.98 Å². The number of nitrogens with one attached hydrogen (secondary N) is 2. The molecule has 1 aromatic carbocycles. The number of nitrogens with zero attached hydrogens (tertiary/aromatic N) is 2. The summed E-state index contributed by atoms with van der Waals surface area (Å²) in [6.45, 7) is 0.0505. The zero-order valence-corrected chi connectivity index (χ0v) is 15.3. The van der Waals surface area contributed by atoms with E-state index in [1.807, 2.05) is 0 Å². The smallest absolute Gasteiger partial charge is 0.406 e. The lowest BCUT2D eigenvalue weighted by molar-refractivity contribution is -0.274. The van der Waals surface area contributed by atoms with Crippen LogP contribution in [0.5, 0.6) is 5.75 Å². The topological polar surface area (TPSA) is 96.5 Å². The molecule has 0 saturated heterocycles. The second kappa shape index (κ2) is 8.74. The van der Waals surface area contributed by atoms with E-state index in [0.717, 1.165) is 18.2 Å². The molecule has 0 aliphatic heterocycles. The lowest BCUT2D eigenvalue weighted by Crippen LogP contribution is -2.33. The Balaban J connectivity index is 2.20. The lowest BCUT2D eigenvalue weighted by Gasteiger charge is -2.19. The Morgan fingerprint density at radius 2 is 1.93 bits per heavy atom. The van der Waals surface area contributed by atoms with Crippen LogP contribution in [-0.4, -0.2) is 50.0 Å². The van der Waals surface area contributed by atoms with Crippen molar-refractivity contribution in [3.05, 3.63) is 51.9 Å². The molecular weight excluding hydrogens is 381 g/mol. The highest BCUT2D eigenvalue weighted by molar-refractivity contribution is 5.92. The summed E-state index contributed by atoms with van der Waals surface area (Å²) in [7, 11) is 4.71. The number of hydrogen-bond donors (Lipinski definition) is 2. The molecule has 2 aromatic rings. The van der Waals surface area contributed by atoms with E-state index in [4.69, 9.17) is 4.74 Å². The van der Waals surface area contributed by atoms with Gasteiger partial charge in [-0.15, -0.1) is 13.2 Å². The molecule has 1 atom stereocenters. The number of halogens is 3. The molecule has 0 aliphatic carbocycles. The summed E-state index contributed by atoms with van der Waals surface area (Å²) < 4.78 is 45.7. The summed E-state index contributed by atoms with van der Waals surface area (Å²) in [6.07, 6.45) is -4.79. The number of anilines is 1. The number of aromatic nitrogens is 2. The van der Waals surface area contributed by atoms with E-state index in [9.17, 15) is 22.8 Å². The van der Waals surface area contributed by atoms with Gasteiger partial charge in [-0.3, -0.25) is 14.6 Å². The highest BCUT2D eigenvalue weighted by Gasteiger charge is 2.31. The van der Waals surface area contributed by atoms with Gasteiger partial charge in [-0.1, -0.05) is 12.1 Å². The molecular formula is C17H19F3N4O4. The average molecular weight is 400 g/mol. The summed E-state index contributed by atoms with van der Waals surface area (Å²) in [4.78, 5) is 32.3. The third kappa shape index (κ3) is 5.98. The number of alkyl halides is 3. The standard InChI is InChI=1S/C17H19F3N4O4/c1-24(2)16-22-12(8-14(25)23-16)15(26)21-13(9-27-3)10-4-6-11(7-5-10)28-17(18,19)20/h4-8,13H,9H2,1-3H3,(H,21,26)(H,22,23,25). The Labute approximate surface area is 158 Å². The third-order valence-electron chi connectivity index (χ3n) is 3.54. The van der Waals surface area contributed by atoms with E-state index >= 15 is 0 Å². The number of amides is 1. The van der Waals surface area contributed by atoms with Crippen LogP contribution in [0.3, 0.4) is 0 Å². The molecule has 0 spiro atoms. The fourth-order valence-corrected chi connectivity index (χ4v) is 2.29. The number of H-pyrrole nitrogens is 1. The number of methoxy groups -OCH3 is 1. The fourth-order valence-electron chi connectivity index (χ4n) is 2.29. The van der Waals surface area contributed by atoms with Crippen LogP contribution in [0.4, 0.5) is 19.1 Å². The van der Waals surface area contributed by atoms with Crippen LogP contribution in [-0.2, 0) is 4.74 Å². The highest BCUT2D eigenvalue weighted by Crippen LogP contribution is 2.24. The number of ether oxygens (including phenoxy) is 2. The van der Waals surface area contributed by atoms with Crippen molar-refractivity contribution in [1.82, 2.24) is 15.3 Å². The minimum absolute atomic E-state index is 0.0505. The number of aromatic amines is 1. The first-order chi connectivity index (χ1) is 13.1. The molecule has 0 saturated carbocycles. The summed E-state index contributed by atoms with van der Waals surface area (Å²) in [5.41, 5.74) is -0.117.